The van der Waals surface area contributed by atoms with Gasteiger partial charge in [-0.25, -0.2) is 4.98 Å². The molecule has 0 saturated heterocycles. The molecule has 3 nitrogen and oxygen atoms in total. The first-order valence-electron chi connectivity index (χ1n) is 7.02. The molecule has 0 aliphatic rings. The van der Waals surface area contributed by atoms with Crippen LogP contribution in [-0.4, -0.2) is 18.6 Å². The summed E-state index contributed by atoms with van der Waals surface area (Å²) >= 11 is 0. The molecule has 1 aromatic heterocycles. The lowest BCUT2D eigenvalue weighted by molar-refractivity contribution is 0.420. The molecule has 19 heavy (non-hydrogen) atoms. The lowest BCUT2D eigenvalue weighted by atomic mass is 10.1. The van der Waals surface area contributed by atoms with Gasteiger partial charge in [-0.05, 0) is 18.6 Å². The maximum atomic E-state index is 5.38. The second kappa shape index (κ2) is 6.98. The van der Waals surface area contributed by atoms with Gasteiger partial charge in [-0.15, -0.1) is 0 Å². The maximum absolute atomic E-state index is 5.38. The third-order valence-corrected chi connectivity index (χ3v) is 3.31. The molecular weight excluding hydrogens is 236 g/mol. The number of hydrogen-bond acceptors (Lipinski definition) is 3. The zero-order chi connectivity index (χ0) is 13.5. The summed E-state index contributed by atoms with van der Waals surface area (Å²) in [5.74, 6) is 1.85. The summed E-state index contributed by atoms with van der Waals surface area (Å²) in [5, 5.41) is 5.66. The minimum atomic E-state index is 0.897. The molecular formula is C16H22N2O. The van der Waals surface area contributed by atoms with E-state index >= 15 is 0 Å². The molecule has 0 saturated carbocycles. The van der Waals surface area contributed by atoms with E-state index in [4.69, 9.17) is 4.74 Å². The van der Waals surface area contributed by atoms with Crippen molar-refractivity contribution in [2.45, 2.75) is 32.6 Å². The molecule has 2 rings (SSSR count). The van der Waals surface area contributed by atoms with Gasteiger partial charge in [0.1, 0.15) is 11.6 Å². The normalized spacial score (nSPS) is 10.6. The summed E-state index contributed by atoms with van der Waals surface area (Å²) < 4.78 is 5.38. The Balaban J connectivity index is 2.10. The number of methoxy groups -OCH3 is 1. The number of pyridine rings is 1. The summed E-state index contributed by atoms with van der Waals surface area (Å²) in [6, 6.07) is 8.06. The van der Waals surface area contributed by atoms with E-state index in [2.05, 4.69) is 23.3 Å². The molecule has 1 N–H and O–H groups in total. The van der Waals surface area contributed by atoms with Crippen molar-refractivity contribution in [3.63, 3.8) is 0 Å². The summed E-state index contributed by atoms with van der Waals surface area (Å²) in [5.41, 5.74) is 0. The first kappa shape index (κ1) is 13.7. The topological polar surface area (TPSA) is 34.2 Å². The van der Waals surface area contributed by atoms with Crippen LogP contribution in [0.2, 0.25) is 0 Å². The molecule has 0 fully saturated rings. The largest absolute Gasteiger partial charge is 0.496 e. The molecule has 3 heteroatoms. The van der Waals surface area contributed by atoms with Crippen molar-refractivity contribution in [1.82, 2.24) is 4.98 Å². The van der Waals surface area contributed by atoms with Gasteiger partial charge in [0, 0.05) is 23.5 Å². The van der Waals surface area contributed by atoms with Gasteiger partial charge in [-0.3, -0.25) is 0 Å². The van der Waals surface area contributed by atoms with Crippen LogP contribution in [0.1, 0.15) is 32.6 Å². The van der Waals surface area contributed by atoms with E-state index in [-0.39, 0.29) is 0 Å². The standard InChI is InChI=1S/C16H22N2O/c1-3-4-5-6-11-17-16-14-8-7-9-15(19-2)13(14)10-12-18-16/h7-10,12H,3-6,11H2,1-2H3,(H,17,18). The fourth-order valence-corrected chi connectivity index (χ4v) is 2.26. The Morgan fingerprint density at radius 3 is 2.79 bits per heavy atom. The first-order valence-corrected chi connectivity index (χ1v) is 7.02. The van der Waals surface area contributed by atoms with Crippen LogP contribution >= 0.6 is 0 Å². The highest BCUT2D eigenvalue weighted by atomic mass is 16.5. The number of nitrogens with zero attached hydrogens (tertiary/aromatic N) is 1. The van der Waals surface area contributed by atoms with E-state index in [1.54, 1.807) is 7.11 Å². The number of hydrogen-bond donors (Lipinski definition) is 1. The second-order valence-electron chi connectivity index (χ2n) is 4.70. The minimum Gasteiger partial charge on any atom is -0.496 e. The second-order valence-corrected chi connectivity index (χ2v) is 4.70. The predicted molar refractivity (Wildman–Crippen MR) is 80.9 cm³/mol. The fourth-order valence-electron chi connectivity index (χ4n) is 2.26. The quantitative estimate of drug-likeness (QED) is 0.754. The van der Waals surface area contributed by atoms with E-state index in [0.717, 1.165) is 28.9 Å². The first-order chi connectivity index (χ1) is 9.36. The third kappa shape index (κ3) is 3.37. The smallest absolute Gasteiger partial charge is 0.133 e. The molecule has 0 aliphatic carbocycles. The molecule has 0 aliphatic heterocycles. The molecule has 0 spiro atoms. The Morgan fingerprint density at radius 2 is 2.00 bits per heavy atom. The minimum absolute atomic E-state index is 0.897. The van der Waals surface area contributed by atoms with Crippen LogP contribution in [0.15, 0.2) is 30.5 Å². The number of fused-ring (bicyclic) bond motifs is 1. The van der Waals surface area contributed by atoms with Crippen LogP contribution in [0, 0.1) is 0 Å². The van der Waals surface area contributed by atoms with Crippen molar-refractivity contribution >= 4 is 16.6 Å². The summed E-state index contributed by atoms with van der Waals surface area (Å²) in [7, 11) is 1.70. The fraction of sp³-hybridized carbons (Fsp3) is 0.438. The van der Waals surface area contributed by atoms with E-state index in [1.165, 1.54) is 25.7 Å². The van der Waals surface area contributed by atoms with E-state index < -0.39 is 0 Å². The van der Waals surface area contributed by atoms with E-state index in [1.807, 2.05) is 24.4 Å². The third-order valence-electron chi connectivity index (χ3n) is 3.31. The van der Waals surface area contributed by atoms with Crippen LogP contribution in [0.25, 0.3) is 10.8 Å². The Morgan fingerprint density at radius 1 is 1.11 bits per heavy atom. The molecule has 0 bridgehead atoms. The van der Waals surface area contributed by atoms with Crippen molar-refractivity contribution in [1.29, 1.82) is 0 Å². The number of benzene rings is 1. The number of ether oxygens (including phenoxy) is 1. The molecule has 1 heterocycles. The lowest BCUT2D eigenvalue weighted by Gasteiger charge is -2.10. The monoisotopic (exact) mass is 258 g/mol. The van der Waals surface area contributed by atoms with Gasteiger partial charge >= 0.3 is 0 Å². The van der Waals surface area contributed by atoms with Crippen molar-refractivity contribution in [3.05, 3.63) is 30.5 Å². The highest BCUT2D eigenvalue weighted by Crippen LogP contribution is 2.28. The van der Waals surface area contributed by atoms with Gasteiger partial charge in [-0.1, -0.05) is 38.3 Å². The number of rotatable bonds is 7. The molecule has 102 valence electrons. The SMILES string of the molecule is CCCCCCNc1nccc2c(OC)cccc12. The van der Waals surface area contributed by atoms with Crippen molar-refractivity contribution < 1.29 is 4.74 Å². The van der Waals surface area contributed by atoms with Gasteiger partial charge in [-0.2, -0.15) is 0 Å². The van der Waals surface area contributed by atoms with Crippen molar-refractivity contribution in [3.8, 4) is 5.75 Å². The Kier molecular flexibility index (Phi) is 5.01. The van der Waals surface area contributed by atoms with Gasteiger partial charge in [0.15, 0.2) is 0 Å². The van der Waals surface area contributed by atoms with E-state index in [0.29, 0.717) is 0 Å². The molecule has 0 radical (unpaired) electrons. The maximum Gasteiger partial charge on any atom is 0.133 e. The zero-order valence-electron chi connectivity index (χ0n) is 11.8. The number of unbranched alkanes of at least 4 members (excludes halogenated alkanes) is 3. The van der Waals surface area contributed by atoms with Crippen LogP contribution < -0.4 is 10.1 Å². The summed E-state index contributed by atoms with van der Waals surface area (Å²) in [6.07, 6.45) is 6.87. The molecule has 0 unspecified atom stereocenters. The van der Waals surface area contributed by atoms with E-state index in [9.17, 15) is 0 Å². The summed E-state index contributed by atoms with van der Waals surface area (Å²) in [4.78, 5) is 4.43. The average molecular weight is 258 g/mol. The average Bonchev–Trinajstić information content (AvgIpc) is 2.46. The number of aromatic nitrogens is 1. The Hall–Kier alpha value is -1.77. The molecule has 0 atom stereocenters. The van der Waals surface area contributed by atoms with Crippen LogP contribution in [-0.2, 0) is 0 Å². The summed E-state index contributed by atoms with van der Waals surface area (Å²) in [6.45, 7) is 3.20. The van der Waals surface area contributed by atoms with Gasteiger partial charge in [0.05, 0.1) is 7.11 Å². The van der Waals surface area contributed by atoms with Crippen LogP contribution in [0.4, 0.5) is 5.82 Å². The molecule has 0 amide bonds. The van der Waals surface area contributed by atoms with Crippen LogP contribution in [0.5, 0.6) is 5.75 Å². The predicted octanol–water partition coefficient (Wildman–Crippen LogP) is 4.24. The Labute approximate surface area is 115 Å². The lowest BCUT2D eigenvalue weighted by Crippen LogP contribution is -2.03. The van der Waals surface area contributed by atoms with Crippen molar-refractivity contribution in [2.24, 2.45) is 0 Å². The van der Waals surface area contributed by atoms with Gasteiger partial charge in [0.2, 0.25) is 0 Å². The molecule has 2 aromatic rings. The molecule has 1 aromatic carbocycles. The number of anilines is 1. The van der Waals surface area contributed by atoms with Crippen molar-refractivity contribution in [2.75, 3.05) is 19.0 Å². The van der Waals surface area contributed by atoms with Crippen LogP contribution in [0.3, 0.4) is 0 Å². The Bertz CT molecular complexity index is 525. The highest BCUT2D eigenvalue weighted by molar-refractivity contribution is 5.95. The highest BCUT2D eigenvalue weighted by Gasteiger charge is 2.05. The zero-order valence-corrected chi connectivity index (χ0v) is 11.8. The van der Waals surface area contributed by atoms with Gasteiger partial charge in [0.25, 0.3) is 0 Å². The van der Waals surface area contributed by atoms with Gasteiger partial charge < -0.3 is 10.1 Å². The number of nitrogens with one attached hydrogen (secondary N) is 1.